The number of hydrogen-bond donors (Lipinski definition) is 1. The Kier molecular flexibility index (Phi) is 3.45. The van der Waals surface area contributed by atoms with Crippen molar-refractivity contribution in [3.63, 3.8) is 0 Å². The van der Waals surface area contributed by atoms with Crippen molar-refractivity contribution in [3.8, 4) is 5.75 Å². The number of benzene rings is 2. The Labute approximate surface area is 138 Å². The number of fused-ring (bicyclic) bond motifs is 3. The van der Waals surface area contributed by atoms with Gasteiger partial charge in [0.25, 0.3) is 0 Å². The maximum Gasteiger partial charge on any atom is 0.191 e. The summed E-state index contributed by atoms with van der Waals surface area (Å²) in [5.41, 5.74) is 3.96. The van der Waals surface area contributed by atoms with E-state index in [2.05, 4.69) is 4.98 Å². The number of aromatic nitrogens is 1. The number of aryl methyl sites for hydroxylation is 1. The van der Waals surface area contributed by atoms with E-state index in [1.165, 1.54) is 12.1 Å². The Morgan fingerprint density at radius 3 is 2.88 bits per heavy atom. The van der Waals surface area contributed by atoms with Gasteiger partial charge in [-0.15, -0.1) is 0 Å². The molecule has 0 radical (unpaired) electrons. The van der Waals surface area contributed by atoms with Crippen LogP contribution < -0.4 is 4.74 Å². The zero-order chi connectivity index (χ0) is 16.7. The molecular weight excluding hydrogens is 305 g/mol. The van der Waals surface area contributed by atoms with Gasteiger partial charge in [-0.3, -0.25) is 4.79 Å². The second-order valence-corrected chi connectivity index (χ2v) is 5.94. The smallest absolute Gasteiger partial charge is 0.191 e. The number of rotatable bonds is 2. The molecule has 120 valence electrons. The molecule has 1 aromatic heterocycles. The largest absolute Gasteiger partial charge is 0.497 e. The fraction of sp³-hybridized carbons (Fsp3) is 0.150. The Balaban J connectivity index is 1.79. The Bertz CT molecular complexity index is 984. The van der Waals surface area contributed by atoms with Crippen LogP contribution in [0.5, 0.6) is 5.75 Å². The highest BCUT2D eigenvalue weighted by molar-refractivity contribution is 6.19. The Hall–Kier alpha value is -2.88. The maximum absolute atomic E-state index is 13.6. The van der Waals surface area contributed by atoms with Crippen LogP contribution in [-0.2, 0) is 6.42 Å². The number of ether oxygens (including phenoxy) is 1. The summed E-state index contributed by atoms with van der Waals surface area (Å²) in [5, 5.41) is 0.659. The highest BCUT2D eigenvalue weighted by atomic mass is 19.1. The van der Waals surface area contributed by atoms with Crippen LogP contribution in [0.3, 0.4) is 0 Å². The first-order valence-electron chi connectivity index (χ1n) is 7.85. The predicted molar refractivity (Wildman–Crippen MR) is 91.9 cm³/mol. The molecule has 0 atom stereocenters. The number of allylic oxidation sites excluding steroid dienone is 1. The van der Waals surface area contributed by atoms with Crippen LogP contribution in [0.2, 0.25) is 0 Å². The molecular formula is C20H16FNO2. The monoisotopic (exact) mass is 321 g/mol. The average Bonchev–Trinajstić information content (AvgIpc) is 2.96. The summed E-state index contributed by atoms with van der Waals surface area (Å²) in [4.78, 5) is 16.2. The van der Waals surface area contributed by atoms with E-state index >= 15 is 0 Å². The summed E-state index contributed by atoms with van der Waals surface area (Å²) >= 11 is 0. The third kappa shape index (κ3) is 2.40. The summed E-state index contributed by atoms with van der Waals surface area (Å²) in [6, 6.07) is 12.1. The number of carbonyl (C=O) groups is 1. The SMILES string of the molecule is COc1cccc(/C=C2\CCc3[nH]c4ccc(F)cc4c3C2=O)c1. The summed E-state index contributed by atoms with van der Waals surface area (Å²) in [6.45, 7) is 0. The number of ketones is 1. The lowest BCUT2D eigenvalue weighted by Crippen LogP contribution is -2.13. The molecule has 4 rings (SSSR count). The number of H-pyrrole nitrogens is 1. The van der Waals surface area contributed by atoms with Crippen molar-refractivity contribution in [1.29, 1.82) is 0 Å². The molecule has 3 nitrogen and oxygen atoms in total. The molecule has 2 aromatic carbocycles. The van der Waals surface area contributed by atoms with Gasteiger partial charge in [-0.25, -0.2) is 4.39 Å². The fourth-order valence-electron chi connectivity index (χ4n) is 3.27. The summed E-state index contributed by atoms with van der Waals surface area (Å²) in [7, 11) is 1.62. The first-order chi connectivity index (χ1) is 11.7. The second-order valence-electron chi connectivity index (χ2n) is 5.94. The van der Waals surface area contributed by atoms with E-state index in [0.717, 1.165) is 34.5 Å². The molecule has 3 aromatic rings. The molecule has 0 amide bonds. The number of methoxy groups -OCH3 is 1. The quantitative estimate of drug-likeness (QED) is 0.705. The molecule has 1 N–H and O–H groups in total. The molecule has 1 heterocycles. The first-order valence-corrected chi connectivity index (χ1v) is 7.85. The minimum absolute atomic E-state index is 0.0316. The third-order valence-corrected chi connectivity index (χ3v) is 4.44. The molecule has 0 unspecified atom stereocenters. The molecule has 4 heteroatoms. The van der Waals surface area contributed by atoms with Crippen LogP contribution in [-0.4, -0.2) is 17.9 Å². The van der Waals surface area contributed by atoms with Crippen molar-refractivity contribution < 1.29 is 13.9 Å². The normalized spacial score (nSPS) is 15.8. The van der Waals surface area contributed by atoms with E-state index in [0.29, 0.717) is 17.4 Å². The molecule has 1 aliphatic rings. The number of carbonyl (C=O) groups excluding carboxylic acids is 1. The van der Waals surface area contributed by atoms with Crippen molar-refractivity contribution in [2.75, 3.05) is 7.11 Å². The van der Waals surface area contributed by atoms with Gasteiger partial charge in [0.15, 0.2) is 5.78 Å². The van der Waals surface area contributed by atoms with Gasteiger partial charge < -0.3 is 9.72 Å². The molecule has 0 fully saturated rings. The van der Waals surface area contributed by atoms with Gasteiger partial charge >= 0.3 is 0 Å². The summed E-state index contributed by atoms with van der Waals surface area (Å²) in [6.07, 6.45) is 3.30. The van der Waals surface area contributed by atoms with Crippen molar-refractivity contribution in [2.45, 2.75) is 12.8 Å². The second kappa shape index (κ2) is 5.64. The molecule has 1 aliphatic carbocycles. The summed E-state index contributed by atoms with van der Waals surface area (Å²) in [5.74, 6) is 0.388. The van der Waals surface area contributed by atoms with Gasteiger partial charge in [0, 0.05) is 22.2 Å². The highest BCUT2D eigenvalue weighted by Crippen LogP contribution is 2.33. The van der Waals surface area contributed by atoms with Crippen LogP contribution >= 0.6 is 0 Å². The topological polar surface area (TPSA) is 42.1 Å². The van der Waals surface area contributed by atoms with Gasteiger partial charge in [-0.2, -0.15) is 0 Å². The standard InChI is InChI=1S/C20H16FNO2/c1-24-15-4-2-3-12(10-15)9-13-5-7-18-19(20(13)23)16-11-14(21)6-8-17(16)22-18/h2-4,6,8-11,22H,5,7H2,1H3/b13-9+. The predicted octanol–water partition coefficient (Wildman–Crippen LogP) is 4.53. The average molecular weight is 321 g/mol. The van der Waals surface area contributed by atoms with E-state index in [-0.39, 0.29) is 11.6 Å². The number of aromatic amines is 1. The lowest BCUT2D eigenvalue weighted by Gasteiger charge is -2.14. The Morgan fingerprint density at radius 2 is 2.04 bits per heavy atom. The van der Waals surface area contributed by atoms with Crippen molar-refractivity contribution >= 4 is 22.8 Å². The van der Waals surface area contributed by atoms with E-state index in [4.69, 9.17) is 4.74 Å². The van der Waals surface area contributed by atoms with E-state index < -0.39 is 0 Å². The Morgan fingerprint density at radius 1 is 1.17 bits per heavy atom. The van der Waals surface area contributed by atoms with Gasteiger partial charge in [-0.05, 0) is 54.8 Å². The van der Waals surface area contributed by atoms with E-state index in [1.807, 2.05) is 30.3 Å². The van der Waals surface area contributed by atoms with Gasteiger partial charge in [0.2, 0.25) is 0 Å². The van der Waals surface area contributed by atoms with Crippen LogP contribution in [0.4, 0.5) is 4.39 Å². The van der Waals surface area contributed by atoms with Gasteiger partial charge in [0.1, 0.15) is 11.6 Å². The number of hydrogen-bond acceptors (Lipinski definition) is 2. The molecule has 0 saturated heterocycles. The van der Waals surface area contributed by atoms with E-state index in [1.54, 1.807) is 13.2 Å². The molecule has 0 aliphatic heterocycles. The van der Waals surface area contributed by atoms with Crippen molar-refractivity contribution in [1.82, 2.24) is 4.98 Å². The first kappa shape index (κ1) is 14.7. The van der Waals surface area contributed by atoms with Crippen molar-refractivity contribution in [3.05, 3.63) is 70.7 Å². The minimum atomic E-state index is -0.332. The number of halogens is 1. The van der Waals surface area contributed by atoms with Crippen LogP contribution in [0.1, 0.15) is 28.0 Å². The third-order valence-electron chi connectivity index (χ3n) is 4.44. The van der Waals surface area contributed by atoms with Crippen LogP contribution in [0, 0.1) is 5.82 Å². The fourth-order valence-corrected chi connectivity index (χ4v) is 3.27. The maximum atomic E-state index is 13.6. The highest BCUT2D eigenvalue weighted by Gasteiger charge is 2.26. The molecule has 0 spiro atoms. The lowest BCUT2D eigenvalue weighted by atomic mass is 9.88. The van der Waals surface area contributed by atoms with Crippen LogP contribution in [0.25, 0.3) is 17.0 Å². The van der Waals surface area contributed by atoms with Crippen LogP contribution in [0.15, 0.2) is 48.0 Å². The summed E-state index contributed by atoms with van der Waals surface area (Å²) < 4.78 is 18.8. The van der Waals surface area contributed by atoms with Crippen molar-refractivity contribution in [2.24, 2.45) is 0 Å². The molecule has 0 bridgehead atoms. The zero-order valence-corrected chi connectivity index (χ0v) is 13.2. The molecule has 24 heavy (non-hydrogen) atoms. The lowest BCUT2D eigenvalue weighted by molar-refractivity contribution is 0.102. The van der Waals surface area contributed by atoms with Gasteiger partial charge in [-0.1, -0.05) is 12.1 Å². The number of Topliss-reactive ketones (excluding diaryl/α,β-unsaturated/α-hetero) is 1. The van der Waals surface area contributed by atoms with E-state index in [9.17, 15) is 9.18 Å². The zero-order valence-electron chi connectivity index (χ0n) is 13.2. The number of nitrogens with one attached hydrogen (secondary N) is 1. The molecule has 0 saturated carbocycles. The van der Waals surface area contributed by atoms with Gasteiger partial charge in [0.05, 0.1) is 12.7 Å². The minimum Gasteiger partial charge on any atom is -0.497 e.